The molecule has 0 radical (unpaired) electrons. The average molecular weight is 378 g/mol. The molecule has 1 unspecified atom stereocenters. The molecule has 0 bridgehead atoms. The standard InChI is InChI=1S/C18H20ClN3O2S/c1-10(2)15-8-17(24)22-12(9-25-18(22)21-15)7-16(23)20-14-6-4-5-13(19)11(14)3/h4-6,8,10,12H,7,9H2,1-3H3,(H,20,23). The highest BCUT2D eigenvalue weighted by atomic mass is 35.5. The number of thioether (sulfide) groups is 1. The van der Waals surface area contributed by atoms with Crippen LogP contribution in [-0.2, 0) is 4.79 Å². The van der Waals surface area contributed by atoms with Crippen LogP contribution in [-0.4, -0.2) is 21.2 Å². The smallest absolute Gasteiger partial charge is 0.254 e. The molecule has 5 nitrogen and oxygen atoms in total. The van der Waals surface area contributed by atoms with Crippen molar-refractivity contribution in [3.8, 4) is 0 Å². The van der Waals surface area contributed by atoms with Gasteiger partial charge in [-0.1, -0.05) is 43.3 Å². The van der Waals surface area contributed by atoms with Gasteiger partial charge in [-0.3, -0.25) is 14.2 Å². The molecule has 1 aliphatic heterocycles. The summed E-state index contributed by atoms with van der Waals surface area (Å²) in [4.78, 5) is 29.4. The number of carbonyl (C=O) groups excluding carboxylic acids is 1. The molecule has 25 heavy (non-hydrogen) atoms. The first-order valence-electron chi connectivity index (χ1n) is 8.18. The molecular weight excluding hydrogens is 358 g/mol. The number of benzene rings is 1. The van der Waals surface area contributed by atoms with E-state index in [2.05, 4.69) is 10.3 Å². The third-order valence-corrected chi connectivity index (χ3v) is 5.77. The Hall–Kier alpha value is -1.79. The second-order valence-electron chi connectivity index (χ2n) is 6.46. The number of amides is 1. The molecule has 0 saturated carbocycles. The minimum atomic E-state index is -0.180. The predicted molar refractivity (Wildman–Crippen MR) is 102 cm³/mol. The van der Waals surface area contributed by atoms with Crippen molar-refractivity contribution >= 4 is 35.0 Å². The van der Waals surface area contributed by atoms with Gasteiger partial charge >= 0.3 is 0 Å². The van der Waals surface area contributed by atoms with Gasteiger partial charge in [0.25, 0.3) is 5.56 Å². The Morgan fingerprint density at radius 3 is 2.96 bits per heavy atom. The van der Waals surface area contributed by atoms with Crippen molar-refractivity contribution < 1.29 is 4.79 Å². The Labute approximate surface area is 155 Å². The Morgan fingerprint density at radius 1 is 1.48 bits per heavy atom. The second kappa shape index (κ2) is 7.22. The molecule has 0 spiro atoms. The van der Waals surface area contributed by atoms with E-state index in [9.17, 15) is 9.59 Å². The summed E-state index contributed by atoms with van der Waals surface area (Å²) in [6.07, 6.45) is 0.231. The van der Waals surface area contributed by atoms with Gasteiger partial charge in [0.05, 0.1) is 11.7 Å². The van der Waals surface area contributed by atoms with Gasteiger partial charge in [-0.25, -0.2) is 4.98 Å². The van der Waals surface area contributed by atoms with Gasteiger partial charge in [-0.2, -0.15) is 0 Å². The number of hydrogen-bond donors (Lipinski definition) is 1. The van der Waals surface area contributed by atoms with Gasteiger partial charge < -0.3 is 5.32 Å². The molecule has 132 valence electrons. The molecule has 1 atom stereocenters. The van der Waals surface area contributed by atoms with Gasteiger partial charge in [0, 0.05) is 29.0 Å². The van der Waals surface area contributed by atoms with Crippen LogP contribution in [0.2, 0.25) is 5.02 Å². The van der Waals surface area contributed by atoms with E-state index in [0.717, 1.165) is 11.3 Å². The second-order valence-corrected chi connectivity index (χ2v) is 7.85. The molecule has 1 aromatic heterocycles. The molecule has 3 rings (SSSR count). The number of hydrogen-bond acceptors (Lipinski definition) is 4. The van der Waals surface area contributed by atoms with Crippen molar-refractivity contribution in [3.05, 3.63) is 50.9 Å². The molecule has 1 amide bonds. The average Bonchev–Trinajstić information content (AvgIpc) is 2.95. The third kappa shape index (κ3) is 3.75. The van der Waals surface area contributed by atoms with Crippen LogP contribution in [0.4, 0.5) is 5.69 Å². The zero-order chi connectivity index (χ0) is 18.1. The van der Waals surface area contributed by atoms with Gasteiger partial charge in [0.2, 0.25) is 5.91 Å². The van der Waals surface area contributed by atoms with Crippen molar-refractivity contribution in [2.45, 2.75) is 44.3 Å². The number of fused-ring (bicyclic) bond motifs is 1. The van der Waals surface area contributed by atoms with Crippen LogP contribution in [0.25, 0.3) is 0 Å². The number of nitrogens with one attached hydrogen (secondary N) is 1. The van der Waals surface area contributed by atoms with Crippen molar-refractivity contribution in [1.82, 2.24) is 9.55 Å². The minimum absolute atomic E-state index is 0.0876. The van der Waals surface area contributed by atoms with E-state index < -0.39 is 0 Å². The van der Waals surface area contributed by atoms with E-state index in [-0.39, 0.29) is 29.8 Å². The number of rotatable bonds is 4. The first-order chi connectivity index (χ1) is 11.9. The molecule has 0 aliphatic carbocycles. The van der Waals surface area contributed by atoms with Crippen LogP contribution in [0, 0.1) is 6.92 Å². The highest BCUT2D eigenvalue weighted by Gasteiger charge is 2.28. The molecule has 7 heteroatoms. The highest BCUT2D eigenvalue weighted by Crippen LogP contribution is 2.33. The summed E-state index contributed by atoms with van der Waals surface area (Å²) < 4.78 is 1.64. The summed E-state index contributed by atoms with van der Waals surface area (Å²) in [5, 5.41) is 4.20. The summed E-state index contributed by atoms with van der Waals surface area (Å²) in [5.74, 6) is 0.738. The third-order valence-electron chi connectivity index (χ3n) is 4.26. The van der Waals surface area contributed by atoms with E-state index in [1.807, 2.05) is 26.8 Å². The maximum absolute atomic E-state index is 12.4. The SMILES string of the molecule is Cc1c(Cl)cccc1NC(=O)CC1CSc2nc(C(C)C)cc(=O)n21. The van der Waals surface area contributed by atoms with Gasteiger partial charge in [-0.15, -0.1) is 0 Å². The molecule has 0 fully saturated rings. The largest absolute Gasteiger partial charge is 0.326 e. The topological polar surface area (TPSA) is 64.0 Å². The molecule has 2 heterocycles. The van der Waals surface area contributed by atoms with Crippen LogP contribution in [0.1, 0.15) is 43.5 Å². The van der Waals surface area contributed by atoms with Crippen LogP contribution >= 0.6 is 23.4 Å². The van der Waals surface area contributed by atoms with E-state index in [4.69, 9.17) is 11.6 Å². The van der Waals surface area contributed by atoms with Crippen molar-refractivity contribution in [3.63, 3.8) is 0 Å². The first kappa shape index (κ1) is 18.0. The van der Waals surface area contributed by atoms with Gasteiger partial charge in [-0.05, 0) is 30.5 Å². The summed E-state index contributed by atoms with van der Waals surface area (Å²) >= 11 is 7.61. The summed E-state index contributed by atoms with van der Waals surface area (Å²) in [5.41, 5.74) is 2.24. The monoisotopic (exact) mass is 377 g/mol. The number of aromatic nitrogens is 2. The van der Waals surface area contributed by atoms with E-state index >= 15 is 0 Å². The van der Waals surface area contributed by atoms with Crippen molar-refractivity contribution in [1.29, 1.82) is 0 Å². The van der Waals surface area contributed by atoms with Crippen LogP contribution in [0.15, 0.2) is 34.2 Å². The minimum Gasteiger partial charge on any atom is -0.326 e. The molecule has 0 saturated heterocycles. The quantitative estimate of drug-likeness (QED) is 0.818. The Balaban J connectivity index is 1.77. The lowest BCUT2D eigenvalue weighted by Crippen LogP contribution is -2.28. The zero-order valence-corrected chi connectivity index (χ0v) is 15.9. The highest BCUT2D eigenvalue weighted by molar-refractivity contribution is 7.99. The number of anilines is 1. The van der Waals surface area contributed by atoms with Crippen LogP contribution in [0.5, 0.6) is 0 Å². The predicted octanol–water partition coefficient (Wildman–Crippen LogP) is 4.00. The Kier molecular flexibility index (Phi) is 5.20. The van der Waals surface area contributed by atoms with Crippen molar-refractivity contribution in [2.75, 3.05) is 11.1 Å². The molecular formula is C18H20ClN3O2S. The normalized spacial score (nSPS) is 16.1. The van der Waals surface area contributed by atoms with Gasteiger partial charge in [0.1, 0.15) is 0 Å². The lowest BCUT2D eigenvalue weighted by Gasteiger charge is -2.15. The fourth-order valence-corrected chi connectivity index (χ4v) is 4.11. The number of halogens is 1. The van der Waals surface area contributed by atoms with E-state index in [1.165, 1.54) is 11.8 Å². The number of nitrogens with zero attached hydrogens (tertiary/aromatic N) is 2. The molecule has 1 aliphatic rings. The summed E-state index contributed by atoms with van der Waals surface area (Å²) in [7, 11) is 0. The molecule has 2 aromatic rings. The van der Waals surface area contributed by atoms with E-state index in [0.29, 0.717) is 21.6 Å². The lowest BCUT2D eigenvalue weighted by atomic mass is 10.1. The zero-order valence-electron chi connectivity index (χ0n) is 14.4. The Bertz CT molecular complexity index is 879. The molecule has 1 aromatic carbocycles. The number of carbonyl (C=O) groups is 1. The van der Waals surface area contributed by atoms with Crippen LogP contribution in [0.3, 0.4) is 0 Å². The Morgan fingerprint density at radius 2 is 2.24 bits per heavy atom. The lowest BCUT2D eigenvalue weighted by molar-refractivity contribution is -0.116. The van der Waals surface area contributed by atoms with Crippen molar-refractivity contribution in [2.24, 2.45) is 0 Å². The van der Waals surface area contributed by atoms with Crippen LogP contribution < -0.4 is 10.9 Å². The fraction of sp³-hybridized carbons (Fsp3) is 0.389. The first-order valence-corrected chi connectivity index (χ1v) is 9.54. The fourth-order valence-electron chi connectivity index (χ4n) is 2.77. The van der Waals surface area contributed by atoms with Gasteiger partial charge in [0.15, 0.2) is 5.16 Å². The van der Waals surface area contributed by atoms with E-state index in [1.54, 1.807) is 22.8 Å². The molecule has 1 N–H and O–H groups in total. The maximum atomic E-state index is 12.4. The summed E-state index contributed by atoms with van der Waals surface area (Å²) in [6, 6.07) is 6.80. The maximum Gasteiger partial charge on any atom is 0.254 e. The summed E-state index contributed by atoms with van der Waals surface area (Å²) in [6.45, 7) is 5.88.